The molecule has 0 spiro atoms. The van der Waals surface area contributed by atoms with Gasteiger partial charge in [-0.3, -0.25) is 9.59 Å². The second kappa shape index (κ2) is 8.01. The summed E-state index contributed by atoms with van der Waals surface area (Å²) in [5, 5.41) is 14.2. The van der Waals surface area contributed by atoms with E-state index in [9.17, 15) is 14.7 Å². The topological polar surface area (TPSA) is 83.6 Å². The van der Waals surface area contributed by atoms with Crippen LogP contribution in [-0.4, -0.2) is 40.1 Å². The molecule has 2 aromatic rings. The van der Waals surface area contributed by atoms with E-state index in [0.29, 0.717) is 30.8 Å². The van der Waals surface area contributed by atoms with Crippen LogP contribution >= 0.6 is 0 Å². The molecule has 1 amide bonds. The van der Waals surface area contributed by atoms with E-state index in [0.717, 1.165) is 36.8 Å². The fourth-order valence-corrected chi connectivity index (χ4v) is 4.82. The Hall–Kier alpha value is -2.63. The van der Waals surface area contributed by atoms with Gasteiger partial charge in [-0.2, -0.15) is 0 Å². The minimum absolute atomic E-state index is 0.0674. The summed E-state index contributed by atoms with van der Waals surface area (Å²) in [6, 6.07) is 9.80. The average molecular weight is 396 g/mol. The van der Waals surface area contributed by atoms with Crippen LogP contribution in [0.15, 0.2) is 34.9 Å². The van der Waals surface area contributed by atoms with Gasteiger partial charge in [0.05, 0.1) is 5.41 Å². The van der Waals surface area contributed by atoms with E-state index in [-0.39, 0.29) is 24.8 Å². The molecule has 1 aromatic heterocycles. The van der Waals surface area contributed by atoms with Gasteiger partial charge in [0.25, 0.3) is 0 Å². The quantitative estimate of drug-likeness (QED) is 0.823. The lowest BCUT2D eigenvalue weighted by Crippen LogP contribution is -2.52. The van der Waals surface area contributed by atoms with Crippen molar-refractivity contribution in [2.45, 2.75) is 51.9 Å². The van der Waals surface area contributed by atoms with Crippen molar-refractivity contribution in [3.05, 3.63) is 41.7 Å². The molecule has 6 heteroatoms. The van der Waals surface area contributed by atoms with Gasteiger partial charge in [-0.15, -0.1) is 0 Å². The van der Waals surface area contributed by atoms with E-state index in [4.69, 9.17) is 4.52 Å². The number of nitrogens with zero attached hydrogens (tertiary/aromatic N) is 2. The van der Waals surface area contributed by atoms with Crippen LogP contribution < -0.4 is 0 Å². The Morgan fingerprint density at radius 1 is 1.24 bits per heavy atom. The molecular weight excluding hydrogens is 368 g/mol. The van der Waals surface area contributed by atoms with E-state index in [1.165, 1.54) is 0 Å². The second-order valence-electron chi connectivity index (χ2n) is 8.65. The summed E-state index contributed by atoms with van der Waals surface area (Å²) in [4.78, 5) is 27.0. The molecule has 1 saturated heterocycles. The van der Waals surface area contributed by atoms with E-state index in [2.05, 4.69) is 5.16 Å². The van der Waals surface area contributed by atoms with Crippen LogP contribution in [0, 0.1) is 18.3 Å². The maximum absolute atomic E-state index is 12.9. The van der Waals surface area contributed by atoms with Crippen molar-refractivity contribution in [1.82, 2.24) is 10.1 Å². The largest absolute Gasteiger partial charge is 0.481 e. The third-order valence-corrected chi connectivity index (χ3v) is 6.43. The van der Waals surface area contributed by atoms with Gasteiger partial charge in [-0.25, -0.2) is 0 Å². The standard InChI is InChI=1S/C23H28N2O4/c1-16-6-4-9-18(12-16)20-13-19(29-24-20)14-23(22(27)28)10-5-11-25(15-23)21(26)17-7-2-3-8-17/h4,6,9,12-13,17H,2-3,5,7-8,10-11,14-15H2,1H3,(H,27,28)/t23-/m0/s1. The molecular formula is C23H28N2O4. The van der Waals surface area contributed by atoms with Gasteiger partial charge in [-0.1, -0.05) is 41.8 Å². The highest BCUT2D eigenvalue weighted by atomic mass is 16.5. The minimum atomic E-state index is -1.02. The number of carbonyl (C=O) groups excluding carboxylic acids is 1. The SMILES string of the molecule is Cc1cccc(-c2cc(C[C@@]3(C(=O)O)CCCN(C(=O)C4CCCC4)C3)on2)c1. The first kappa shape index (κ1) is 19.7. The number of carboxylic acid groups (broad SMARTS) is 1. The average Bonchev–Trinajstić information content (AvgIpc) is 3.40. The number of aryl methyl sites for hydroxylation is 1. The van der Waals surface area contributed by atoms with Crippen LogP contribution in [0.4, 0.5) is 0 Å². The predicted octanol–water partition coefficient (Wildman–Crippen LogP) is 4.08. The van der Waals surface area contributed by atoms with Crippen LogP contribution in [-0.2, 0) is 16.0 Å². The molecule has 4 rings (SSSR count). The summed E-state index contributed by atoms with van der Waals surface area (Å²) in [7, 11) is 0. The normalized spacial score (nSPS) is 22.7. The third-order valence-electron chi connectivity index (χ3n) is 6.43. The van der Waals surface area contributed by atoms with Gasteiger partial charge in [0.2, 0.25) is 5.91 Å². The van der Waals surface area contributed by atoms with Gasteiger partial charge in [0.15, 0.2) is 0 Å². The summed E-state index contributed by atoms with van der Waals surface area (Å²) in [6.07, 6.45) is 5.52. The minimum Gasteiger partial charge on any atom is -0.481 e. The van der Waals surface area contributed by atoms with Crippen molar-refractivity contribution >= 4 is 11.9 Å². The smallest absolute Gasteiger partial charge is 0.311 e. The number of likely N-dealkylation sites (tertiary alicyclic amines) is 1. The fourth-order valence-electron chi connectivity index (χ4n) is 4.82. The van der Waals surface area contributed by atoms with Gasteiger partial charge >= 0.3 is 5.97 Å². The third kappa shape index (κ3) is 4.07. The van der Waals surface area contributed by atoms with E-state index < -0.39 is 11.4 Å². The molecule has 1 saturated carbocycles. The van der Waals surface area contributed by atoms with Crippen molar-refractivity contribution in [3.63, 3.8) is 0 Å². The van der Waals surface area contributed by atoms with Gasteiger partial charge in [0.1, 0.15) is 11.5 Å². The van der Waals surface area contributed by atoms with Crippen molar-refractivity contribution in [3.8, 4) is 11.3 Å². The van der Waals surface area contributed by atoms with Gasteiger partial charge in [-0.05, 0) is 38.7 Å². The monoisotopic (exact) mass is 396 g/mol. The second-order valence-corrected chi connectivity index (χ2v) is 8.65. The summed E-state index contributed by atoms with van der Waals surface area (Å²) >= 11 is 0. The lowest BCUT2D eigenvalue weighted by molar-refractivity contribution is -0.156. The van der Waals surface area contributed by atoms with Gasteiger partial charge < -0.3 is 14.5 Å². The van der Waals surface area contributed by atoms with Gasteiger partial charge in [0, 0.05) is 37.1 Å². The summed E-state index contributed by atoms with van der Waals surface area (Å²) in [5.41, 5.74) is 1.77. The molecule has 2 heterocycles. The Labute approximate surface area is 170 Å². The van der Waals surface area contributed by atoms with Crippen LogP contribution in [0.2, 0.25) is 0 Å². The number of piperidine rings is 1. The molecule has 1 aliphatic heterocycles. The summed E-state index contributed by atoms with van der Waals surface area (Å²) in [5.74, 6) is -0.113. The molecule has 2 aliphatic rings. The number of rotatable bonds is 5. The number of carbonyl (C=O) groups is 2. The Morgan fingerprint density at radius 3 is 2.76 bits per heavy atom. The zero-order valence-electron chi connectivity index (χ0n) is 16.9. The van der Waals surface area contributed by atoms with Crippen molar-refractivity contribution in [2.24, 2.45) is 11.3 Å². The highest BCUT2D eigenvalue weighted by Crippen LogP contribution is 2.37. The van der Waals surface area contributed by atoms with E-state index >= 15 is 0 Å². The Kier molecular flexibility index (Phi) is 5.43. The number of aromatic nitrogens is 1. The number of carboxylic acids is 1. The molecule has 2 fully saturated rings. The van der Waals surface area contributed by atoms with Crippen LogP contribution in [0.5, 0.6) is 0 Å². The molecule has 1 atom stereocenters. The molecule has 6 nitrogen and oxygen atoms in total. The number of hydrogen-bond donors (Lipinski definition) is 1. The fraction of sp³-hybridized carbons (Fsp3) is 0.522. The number of hydrogen-bond acceptors (Lipinski definition) is 4. The lowest BCUT2D eigenvalue weighted by Gasteiger charge is -2.40. The highest BCUT2D eigenvalue weighted by molar-refractivity contribution is 5.81. The maximum atomic E-state index is 12.9. The van der Waals surface area contributed by atoms with Crippen LogP contribution in [0.1, 0.15) is 49.8 Å². The molecule has 1 aromatic carbocycles. The first-order valence-corrected chi connectivity index (χ1v) is 10.5. The number of benzene rings is 1. The Bertz CT molecular complexity index is 900. The molecule has 154 valence electrons. The first-order valence-electron chi connectivity index (χ1n) is 10.5. The maximum Gasteiger partial charge on any atom is 0.311 e. The predicted molar refractivity (Wildman–Crippen MR) is 108 cm³/mol. The molecule has 0 radical (unpaired) electrons. The number of amides is 1. The molecule has 1 N–H and O–H groups in total. The van der Waals surface area contributed by atoms with Crippen LogP contribution in [0.3, 0.4) is 0 Å². The Morgan fingerprint density at radius 2 is 2.03 bits per heavy atom. The van der Waals surface area contributed by atoms with Crippen molar-refractivity contribution in [2.75, 3.05) is 13.1 Å². The molecule has 0 bridgehead atoms. The van der Waals surface area contributed by atoms with Crippen molar-refractivity contribution < 1.29 is 19.2 Å². The summed E-state index contributed by atoms with van der Waals surface area (Å²) in [6.45, 7) is 2.91. The zero-order valence-corrected chi connectivity index (χ0v) is 16.9. The summed E-state index contributed by atoms with van der Waals surface area (Å²) < 4.78 is 5.52. The van der Waals surface area contributed by atoms with Crippen LogP contribution in [0.25, 0.3) is 11.3 Å². The first-order chi connectivity index (χ1) is 14.0. The van der Waals surface area contributed by atoms with Crippen molar-refractivity contribution in [1.29, 1.82) is 0 Å². The van der Waals surface area contributed by atoms with E-state index in [1.807, 2.05) is 37.3 Å². The highest BCUT2D eigenvalue weighted by Gasteiger charge is 2.45. The molecule has 1 aliphatic carbocycles. The van der Waals surface area contributed by atoms with E-state index in [1.54, 1.807) is 4.90 Å². The Balaban J connectivity index is 1.53. The molecule has 29 heavy (non-hydrogen) atoms. The zero-order chi connectivity index (χ0) is 20.4. The lowest BCUT2D eigenvalue weighted by atomic mass is 9.76. The molecule has 0 unspecified atom stereocenters. The number of aliphatic carboxylic acids is 1.